The molecule has 0 spiro atoms. The second-order valence-electron chi connectivity index (χ2n) is 4.40. The summed E-state index contributed by atoms with van der Waals surface area (Å²) in [4.78, 5) is 14.9. The van der Waals surface area contributed by atoms with Crippen molar-refractivity contribution in [3.05, 3.63) is 24.5 Å². The molecule has 104 valence electrons. The Kier molecular flexibility index (Phi) is 3.30. The zero-order valence-corrected chi connectivity index (χ0v) is 10.7. The molecular formula is C12H14N6O2. The molecule has 1 aliphatic rings. The molecule has 1 atom stereocenters. The van der Waals surface area contributed by atoms with Gasteiger partial charge in [0.15, 0.2) is 11.5 Å². The van der Waals surface area contributed by atoms with Crippen LogP contribution in [0.15, 0.2) is 29.7 Å². The van der Waals surface area contributed by atoms with Gasteiger partial charge in [0.25, 0.3) is 0 Å². The molecule has 3 heterocycles. The van der Waals surface area contributed by atoms with Gasteiger partial charge in [-0.2, -0.15) is 0 Å². The van der Waals surface area contributed by atoms with E-state index in [1.54, 1.807) is 12.4 Å². The standard InChI is InChI=1S/C12H14N6O2/c13-11(17-19)9-7-18(5-6-20-9)10-2-1-8-12(16-10)15-4-3-14-8/h1-4,9,19H,5-7H2,(H2,13,17). The Morgan fingerprint density at radius 1 is 1.40 bits per heavy atom. The third-order valence-electron chi connectivity index (χ3n) is 3.15. The van der Waals surface area contributed by atoms with Crippen LogP contribution in [0.25, 0.3) is 11.2 Å². The van der Waals surface area contributed by atoms with E-state index < -0.39 is 6.10 Å². The smallest absolute Gasteiger partial charge is 0.180 e. The zero-order chi connectivity index (χ0) is 13.9. The normalized spacial score (nSPS) is 20.3. The van der Waals surface area contributed by atoms with E-state index in [1.165, 1.54) is 0 Å². The maximum absolute atomic E-state index is 8.72. The molecule has 8 heteroatoms. The highest BCUT2D eigenvalue weighted by molar-refractivity contribution is 5.85. The molecule has 1 aliphatic heterocycles. The van der Waals surface area contributed by atoms with Gasteiger partial charge in [-0.25, -0.2) is 9.97 Å². The highest BCUT2D eigenvalue weighted by Crippen LogP contribution is 2.18. The van der Waals surface area contributed by atoms with Crippen LogP contribution in [-0.4, -0.2) is 51.8 Å². The molecule has 20 heavy (non-hydrogen) atoms. The van der Waals surface area contributed by atoms with Gasteiger partial charge in [0.1, 0.15) is 17.4 Å². The minimum atomic E-state index is -0.437. The molecule has 3 N–H and O–H groups in total. The highest BCUT2D eigenvalue weighted by atomic mass is 16.5. The van der Waals surface area contributed by atoms with Crippen LogP contribution in [-0.2, 0) is 4.74 Å². The lowest BCUT2D eigenvalue weighted by molar-refractivity contribution is 0.0804. The van der Waals surface area contributed by atoms with E-state index in [1.807, 2.05) is 17.0 Å². The van der Waals surface area contributed by atoms with Crippen LogP contribution < -0.4 is 10.6 Å². The van der Waals surface area contributed by atoms with Crippen LogP contribution >= 0.6 is 0 Å². The van der Waals surface area contributed by atoms with Crippen LogP contribution in [0.4, 0.5) is 5.82 Å². The van der Waals surface area contributed by atoms with Crippen molar-refractivity contribution in [2.45, 2.75) is 6.10 Å². The number of pyridine rings is 1. The van der Waals surface area contributed by atoms with Gasteiger partial charge < -0.3 is 20.6 Å². The topological polar surface area (TPSA) is 110 Å². The van der Waals surface area contributed by atoms with Crippen molar-refractivity contribution in [2.75, 3.05) is 24.6 Å². The average Bonchev–Trinajstić information content (AvgIpc) is 2.53. The molecule has 1 unspecified atom stereocenters. The maximum atomic E-state index is 8.72. The molecule has 1 fully saturated rings. The van der Waals surface area contributed by atoms with E-state index in [-0.39, 0.29) is 5.84 Å². The number of ether oxygens (including phenoxy) is 1. The van der Waals surface area contributed by atoms with Gasteiger partial charge in [-0.3, -0.25) is 4.98 Å². The van der Waals surface area contributed by atoms with Gasteiger partial charge in [-0.1, -0.05) is 5.16 Å². The summed E-state index contributed by atoms with van der Waals surface area (Å²) in [6, 6.07) is 3.75. The molecule has 0 saturated carbocycles. The number of morpholine rings is 1. The zero-order valence-electron chi connectivity index (χ0n) is 10.7. The summed E-state index contributed by atoms with van der Waals surface area (Å²) in [5.41, 5.74) is 6.93. The molecule has 0 bridgehead atoms. The molecule has 2 aromatic heterocycles. The highest BCUT2D eigenvalue weighted by Gasteiger charge is 2.24. The maximum Gasteiger partial charge on any atom is 0.180 e. The monoisotopic (exact) mass is 274 g/mol. The quantitative estimate of drug-likeness (QED) is 0.342. The van der Waals surface area contributed by atoms with Gasteiger partial charge >= 0.3 is 0 Å². The number of amidine groups is 1. The van der Waals surface area contributed by atoms with Gasteiger partial charge in [-0.05, 0) is 12.1 Å². The fourth-order valence-corrected chi connectivity index (χ4v) is 2.12. The van der Waals surface area contributed by atoms with E-state index in [2.05, 4.69) is 20.1 Å². The van der Waals surface area contributed by atoms with E-state index in [4.69, 9.17) is 15.7 Å². The predicted molar refractivity (Wildman–Crippen MR) is 72.7 cm³/mol. The molecule has 0 aromatic carbocycles. The van der Waals surface area contributed by atoms with E-state index in [0.29, 0.717) is 25.3 Å². The first-order valence-electron chi connectivity index (χ1n) is 6.19. The molecule has 1 saturated heterocycles. The summed E-state index contributed by atoms with van der Waals surface area (Å²) in [6.45, 7) is 1.66. The summed E-state index contributed by atoms with van der Waals surface area (Å²) in [6.07, 6.45) is 2.80. The molecule has 8 nitrogen and oxygen atoms in total. The summed E-state index contributed by atoms with van der Waals surface area (Å²) >= 11 is 0. The number of anilines is 1. The van der Waals surface area contributed by atoms with Crippen LogP contribution in [0.1, 0.15) is 0 Å². The molecule has 0 aliphatic carbocycles. The number of hydrogen-bond donors (Lipinski definition) is 2. The van der Waals surface area contributed by atoms with Crippen molar-refractivity contribution < 1.29 is 9.94 Å². The number of oxime groups is 1. The minimum absolute atomic E-state index is 0.0651. The first kappa shape index (κ1) is 12.5. The van der Waals surface area contributed by atoms with Crippen LogP contribution in [0.3, 0.4) is 0 Å². The van der Waals surface area contributed by atoms with Crippen molar-refractivity contribution in [1.29, 1.82) is 0 Å². The molecular weight excluding hydrogens is 260 g/mol. The van der Waals surface area contributed by atoms with Crippen molar-refractivity contribution in [3.63, 3.8) is 0 Å². The molecule has 0 radical (unpaired) electrons. The van der Waals surface area contributed by atoms with Crippen molar-refractivity contribution in [3.8, 4) is 0 Å². The number of hydrogen-bond acceptors (Lipinski definition) is 7. The number of fused-ring (bicyclic) bond motifs is 1. The summed E-state index contributed by atoms with van der Waals surface area (Å²) in [5, 5.41) is 11.7. The lowest BCUT2D eigenvalue weighted by Crippen LogP contribution is -2.48. The van der Waals surface area contributed by atoms with E-state index >= 15 is 0 Å². The number of rotatable bonds is 2. The Morgan fingerprint density at radius 2 is 2.25 bits per heavy atom. The van der Waals surface area contributed by atoms with E-state index in [9.17, 15) is 0 Å². The second kappa shape index (κ2) is 5.25. The Hall–Kier alpha value is -2.48. The lowest BCUT2D eigenvalue weighted by Gasteiger charge is -2.32. The van der Waals surface area contributed by atoms with Crippen molar-refractivity contribution >= 4 is 22.8 Å². The fraction of sp³-hybridized carbons (Fsp3) is 0.333. The van der Waals surface area contributed by atoms with Crippen molar-refractivity contribution in [1.82, 2.24) is 15.0 Å². The summed E-state index contributed by atoms with van der Waals surface area (Å²) < 4.78 is 5.46. The van der Waals surface area contributed by atoms with Gasteiger partial charge in [0.05, 0.1) is 13.2 Å². The van der Waals surface area contributed by atoms with Crippen LogP contribution in [0.5, 0.6) is 0 Å². The number of nitrogens with two attached hydrogens (primary N) is 1. The molecule has 0 amide bonds. The summed E-state index contributed by atoms with van der Waals surface area (Å²) in [7, 11) is 0. The first-order valence-corrected chi connectivity index (χ1v) is 6.19. The van der Waals surface area contributed by atoms with Crippen LogP contribution in [0, 0.1) is 0 Å². The Bertz CT molecular complexity index is 647. The fourth-order valence-electron chi connectivity index (χ4n) is 2.12. The van der Waals surface area contributed by atoms with E-state index in [0.717, 1.165) is 11.3 Å². The molecule has 2 aromatic rings. The third-order valence-corrected chi connectivity index (χ3v) is 3.15. The SMILES string of the molecule is N/C(=N/O)C1CN(c2ccc3nccnc3n2)CCO1. The predicted octanol–water partition coefficient (Wildman–Crippen LogP) is -0.0236. The Balaban J connectivity index is 1.86. The van der Waals surface area contributed by atoms with Crippen molar-refractivity contribution in [2.24, 2.45) is 10.9 Å². The summed E-state index contributed by atoms with van der Waals surface area (Å²) in [5.74, 6) is 0.840. The van der Waals surface area contributed by atoms with Gasteiger partial charge in [0, 0.05) is 18.9 Å². The number of aromatic nitrogens is 3. The Labute approximate surface area is 114 Å². The van der Waals surface area contributed by atoms with Crippen LogP contribution in [0.2, 0.25) is 0 Å². The average molecular weight is 274 g/mol. The number of nitrogens with zero attached hydrogens (tertiary/aromatic N) is 5. The lowest BCUT2D eigenvalue weighted by atomic mass is 10.2. The first-order chi connectivity index (χ1) is 9.78. The Morgan fingerprint density at radius 3 is 3.10 bits per heavy atom. The largest absolute Gasteiger partial charge is 0.409 e. The minimum Gasteiger partial charge on any atom is -0.409 e. The second-order valence-corrected chi connectivity index (χ2v) is 4.40. The van der Waals surface area contributed by atoms with Gasteiger partial charge in [-0.15, -0.1) is 0 Å². The van der Waals surface area contributed by atoms with Gasteiger partial charge in [0.2, 0.25) is 0 Å². The molecule has 3 rings (SSSR count). The third kappa shape index (κ3) is 2.32.